The highest BCUT2D eigenvalue weighted by atomic mass is 32.7. The molecule has 0 amide bonds. The summed E-state index contributed by atoms with van der Waals surface area (Å²) >= 11 is 3.59. The van der Waals surface area contributed by atoms with Gasteiger partial charge in [0.05, 0.1) is 0 Å². The molecule has 1 N–H and O–H groups in total. The molecule has 0 heterocycles. The third kappa shape index (κ3) is 3.23. The zero-order chi connectivity index (χ0) is 16.6. The number of fused-ring (bicyclic) bond motifs is 3. The first kappa shape index (κ1) is 16.3. The van der Waals surface area contributed by atoms with Crippen LogP contribution >= 0.6 is 19.0 Å². The van der Waals surface area contributed by atoms with Gasteiger partial charge in [0.1, 0.15) is 5.75 Å². The maximum atomic E-state index is 12.5. The summed E-state index contributed by atoms with van der Waals surface area (Å²) in [5.41, 5.74) is 3.73. The van der Waals surface area contributed by atoms with Crippen LogP contribution < -0.4 is 4.52 Å². The van der Waals surface area contributed by atoms with Gasteiger partial charge in [0, 0.05) is 11.1 Å². The molecule has 6 heteroatoms. The second-order valence-electron chi connectivity index (χ2n) is 5.57. The van der Waals surface area contributed by atoms with Crippen LogP contribution in [0.15, 0.2) is 36.4 Å². The second-order valence-corrected chi connectivity index (χ2v) is 8.25. The van der Waals surface area contributed by atoms with E-state index in [1.54, 1.807) is 12.1 Å². The first-order valence-electron chi connectivity index (χ1n) is 7.47. The lowest BCUT2D eigenvalue weighted by molar-refractivity contribution is 0.104. The van der Waals surface area contributed by atoms with Crippen LogP contribution in [0.25, 0.3) is 11.1 Å². The Morgan fingerprint density at radius 3 is 2.48 bits per heavy atom. The minimum absolute atomic E-state index is 0.0885. The summed E-state index contributed by atoms with van der Waals surface area (Å²) < 4.78 is 16.6. The fraction of sp³-hybridized carbons (Fsp3) is 0.235. The van der Waals surface area contributed by atoms with Gasteiger partial charge < -0.3 is 9.42 Å². The van der Waals surface area contributed by atoms with Gasteiger partial charge in [0.15, 0.2) is 5.78 Å². The Morgan fingerprint density at radius 2 is 1.83 bits per heavy atom. The maximum Gasteiger partial charge on any atom is 0.434 e. The molecule has 23 heavy (non-hydrogen) atoms. The van der Waals surface area contributed by atoms with Gasteiger partial charge in [-0.05, 0) is 53.9 Å². The van der Waals surface area contributed by atoms with E-state index in [2.05, 4.69) is 19.2 Å². The van der Waals surface area contributed by atoms with E-state index in [1.165, 1.54) is 0 Å². The molecule has 3 rings (SSSR count). The molecule has 0 aromatic heterocycles. The molecular weight excluding hydrogens is 331 g/mol. The predicted octanol–water partition coefficient (Wildman–Crippen LogP) is 4.65. The molecule has 0 aliphatic heterocycles. The van der Waals surface area contributed by atoms with E-state index in [-0.39, 0.29) is 11.5 Å². The van der Waals surface area contributed by atoms with Crippen molar-refractivity contribution >= 4 is 24.8 Å². The lowest BCUT2D eigenvalue weighted by atomic mass is 9.99. The number of thiol groups is 1. The standard InChI is InChI=1S/C17H17O4PS/c1-2-3-6-11-9-14-12-7-4-5-8-13(12)17(18)15(14)10-16(11)21-22(19,20)23/h4-5,7-10H,2-3,6H2,1H3,(H2,19,20,23). The monoisotopic (exact) mass is 348 g/mol. The smallest absolute Gasteiger partial charge is 0.417 e. The van der Waals surface area contributed by atoms with Crippen molar-refractivity contribution in [2.45, 2.75) is 26.2 Å². The van der Waals surface area contributed by atoms with E-state index >= 15 is 0 Å². The normalized spacial score (nSPS) is 15.0. The molecule has 0 fully saturated rings. The molecule has 2 aromatic rings. The Kier molecular flexibility index (Phi) is 4.37. The number of aryl methyl sites for hydroxylation is 1. The molecule has 0 spiro atoms. The lowest BCUT2D eigenvalue weighted by Gasteiger charge is -2.14. The van der Waals surface area contributed by atoms with Crippen LogP contribution in [0.4, 0.5) is 0 Å². The first-order chi connectivity index (χ1) is 10.9. The quantitative estimate of drug-likeness (QED) is 0.520. The average Bonchev–Trinajstić information content (AvgIpc) is 2.77. The zero-order valence-electron chi connectivity index (χ0n) is 12.7. The molecule has 0 bridgehead atoms. The Morgan fingerprint density at radius 1 is 1.13 bits per heavy atom. The van der Waals surface area contributed by atoms with Crippen LogP contribution in [-0.4, -0.2) is 10.7 Å². The molecule has 4 nitrogen and oxygen atoms in total. The van der Waals surface area contributed by atoms with E-state index in [4.69, 9.17) is 4.52 Å². The number of ketones is 1. The van der Waals surface area contributed by atoms with Crippen molar-refractivity contribution in [1.82, 2.24) is 0 Å². The Labute approximate surface area is 140 Å². The second kappa shape index (κ2) is 6.16. The SMILES string of the molecule is CCCCc1cc2c(cc1OP(=O)(O)S)C(=O)c1ccccc1-2. The minimum Gasteiger partial charge on any atom is -0.417 e. The van der Waals surface area contributed by atoms with Crippen molar-refractivity contribution in [3.8, 4) is 16.9 Å². The van der Waals surface area contributed by atoms with Crippen LogP contribution in [-0.2, 0) is 11.0 Å². The van der Waals surface area contributed by atoms with E-state index in [0.717, 1.165) is 29.5 Å². The molecular formula is C17H17O4PS. The van der Waals surface area contributed by atoms with Crippen LogP contribution in [0.5, 0.6) is 5.75 Å². The number of carbonyl (C=O) groups is 1. The summed E-state index contributed by atoms with van der Waals surface area (Å²) in [6.45, 7) is -1.91. The van der Waals surface area contributed by atoms with Crippen molar-refractivity contribution in [2.75, 3.05) is 0 Å². The molecule has 1 unspecified atom stereocenters. The third-order valence-electron chi connectivity index (χ3n) is 3.92. The lowest BCUT2D eigenvalue weighted by Crippen LogP contribution is -1.99. The van der Waals surface area contributed by atoms with Crippen LogP contribution in [0.1, 0.15) is 41.3 Å². The zero-order valence-corrected chi connectivity index (χ0v) is 14.4. The molecule has 1 atom stereocenters. The number of unbranched alkanes of at least 4 members (excludes halogenated alkanes) is 1. The van der Waals surface area contributed by atoms with Gasteiger partial charge in [-0.25, -0.2) is 4.57 Å². The van der Waals surface area contributed by atoms with E-state index in [9.17, 15) is 14.3 Å². The van der Waals surface area contributed by atoms with Crippen LogP contribution in [0.3, 0.4) is 0 Å². The summed E-state index contributed by atoms with van der Waals surface area (Å²) in [5.74, 6) is 0.175. The molecule has 1 aliphatic carbocycles. The Balaban J connectivity index is 2.14. The van der Waals surface area contributed by atoms with Gasteiger partial charge in [-0.2, -0.15) is 0 Å². The topological polar surface area (TPSA) is 63.6 Å². The van der Waals surface area contributed by atoms with E-state index < -0.39 is 6.80 Å². The predicted molar refractivity (Wildman–Crippen MR) is 93.4 cm³/mol. The van der Waals surface area contributed by atoms with Gasteiger partial charge in [-0.1, -0.05) is 37.6 Å². The number of rotatable bonds is 5. The highest BCUT2D eigenvalue weighted by Crippen LogP contribution is 2.50. The fourth-order valence-corrected chi connectivity index (χ4v) is 3.56. The number of hydrogen-bond acceptors (Lipinski definition) is 3. The molecule has 120 valence electrons. The Hall–Kier alpha value is -1.55. The highest BCUT2D eigenvalue weighted by Gasteiger charge is 2.29. The average molecular weight is 348 g/mol. The summed E-state index contributed by atoms with van der Waals surface area (Å²) in [5, 5.41) is 0. The molecule has 2 aromatic carbocycles. The van der Waals surface area contributed by atoms with Crippen molar-refractivity contribution in [3.63, 3.8) is 0 Å². The number of carbonyl (C=O) groups excluding carboxylic acids is 1. The van der Waals surface area contributed by atoms with Crippen molar-refractivity contribution in [3.05, 3.63) is 53.1 Å². The Bertz CT molecular complexity index is 825. The van der Waals surface area contributed by atoms with Crippen LogP contribution in [0.2, 0.25) is 0 Å². The summed E-state index contributed by atoms with van der Waals surface area (Å²) in [6, 6.07) is 10.9. The van der Waals surface area contributed by atoms with Crippen molar-refractivity contribution in [1.29, 1.82) is 0 Å². The van der Waals surface area contributed by atoms with Gasteiger partial charge in [-0.15, -0.1) is 0 Å². The highest BCUT2D eigenvalue weighted by molar-refractivity contribution is 8.44. The largest absolute Gasteiger partial charge is 0.434 e. The number of hydrogen-bond donors (Lipinski definition) is 2. The summed E-state index contributed by atoms with van der Waals surface area (Å²) in [7, 11) is 0. The van der Waals surface area contributed by atoms with Gasteiger partial charge in [0.25, 0.3) is 0 Å². The third-order valence-corrected chi connectivity index (χ3v) is 4.60. The molecule has 1 aliphatic rings. The van der Waals surface area contributed by atoms with Gasteiger partial charge in [-0.3, -0.25) is 4.79 Å². The summed E-state index contributed by atoms with van der Waals surface area (Å²) in [4.78, 5) is 21.9. The first-order valence-corrected chi connectivity index (χ1v) is 10.2. The summed E-state index contributed by atoms with van der Waals surface area (Å²) in [6.07, 6.45) is 2.62. The minimum atomic E-state index is -3.98. The van der Waals surface area contributed by atoms with Gasteiger partial charge >= 0.3 is 6.80 Å². The maximum absolute atomic E-state index is 12.5. The van der Waals surface area contributed by atoms with E-state index in [1.807, 2.05) is 24.3 Å². The van der Waals surface area contributed by atoms with Crippen molar-refractivity contribution < 1.29 is 18.8 Å². The molecule has 0 saturated heterocycles. The molecule has 0 saturated carbocycles. The van der Waals surface area contributed by atoms with Crippen molar-refractivity contribution in [2.24, 2.45) is 0 Å². The van der Waals surface area contributed by atoms with E-state index in [0.29, 0.717) is 17.5 Å². The van der Waals surface area contributed by atoms with Gasteiger partial charge in [0.2, 0.25) is 0 Å². The number of benzene rings is 2. The fourth-order valence-electron chi connectivity index (χ4n) is 2.87. The molecule has 0 radical (unpaired) electrons. The van der Waals surface area contributed by atoms with Crippen LogP contribution in [0, 0.1) is 0 Å².